The second-order valence-corrected chi connectivity index (χ2v) is 5.43. The van der Waals surface area contributed by atoms with Crippen molar-refractivity contribution in [2.45, 2.75) is 25.9 Å². The first-order valence-electron chi connectivity index (χ1n) is 7.51. The molecule has 0 aliphatic rings. The molecule has 0 radical (unpaired) electrons. The maximum absolute atomic E-state index is 12.6. The van der Waals surface area contributed by atoms with Crippen LogP contribution in [0.3, 0.4) is 0 Å². The van der Waals surface area contributed by atoms with Crippen LogP contribution in [0.1, 0.15) is 18.9 Å². The summed E-state index contributed by atoms with van der Waals surface area (Å²) in [5.74, 6) is 0. The maximum atomic E-state index is 12.6. The number of aliphatic hydroxyl groups excluding tert-OH is 1. The Labute approximate surface area is 128 Å². The normalized spacial score (nSPS) is 12.8. The Morgan fingerprint density at radius 3 is 2.68 bits per heavy atom. The van der Waals surface area contributed by atoms with Crippen LogP contribution in [0.15, 0.2) is 51.7 Å². The molecule has 3 aromatic rings. The Hall–Kier alpha value is -2.17. The van der Waals surface area contributed by atoms with E-state index in [1.165, 1.54) is 0 Å². The van der Waals surface area contributed by atoms with Crippen molar-refractivity contribution in [3.8, 4) is 0 Å². The van der Waals surface area contributed by atoms with Crippen molar-refractivity contribution >= 4 is 21.9 Å². The first-order chi connectivity index (χ1) is 10.7. The molecule has 0 spiro atoms. The lowest BCUT2D eigenvalue weighted by Gasteiger charge is -2.14. The average Bonchev–Trinajstić information content (AvgIpc) is 2.56. The van der Waals surface area contributed by atoms with Crippen molar-refractivity contribution in [3.63, 3.8) is 0 Å². The largest absolute Gasteiger partial charge is 0.456 e. The SMILES string of the molecule is CC[C@H](CO)NCc1ccc2oc3ccccc3c(=O)c2c1. The van der Waals surface area contributed by atoms with Gasteiger partial charge in [-0.2, -0.15) is 0 Å². The fourth-order valence-electron chi connectivity index (χ4n) is 2.56. The lowest BCUT2D eigenvalue weighted by Crippen LogP contribution is -2.31. The average molecular weight is 297 g/mol. The molecule has 0 bridgehead atoms. The fraction of sp³-hybridized carbons (Fsp3) is 0.278. The van der Waals surface area contributed by atoms with Gasteiger partial charge in [0, 0.05) is 12.6 Å². The summed E-state index contributed by atoms with van der Waals surface area (Å²) in [4.78, 5) is 12.6. The number of fused-ring (bicyclic) bond motifs is 2. The van der Waals surface area contributed by atoms with Gasteiger partial charge in [0.1, 0.15) is 11.2 Å². The second kappa shape index (κ2) is 6.30. The van der Waals surface area contributed by atoms with Gasteiger partial charge in [-0.05, 0) is 36.2 Å². The predicted molar refractivity (Wildman–Crippen MR) is 88.0 cm³/mol. The molecule has 0 aliphatic carbocycles. The summed E-state index contributed by atoms with van der Waals surface area (Å²) in [6.45, 7) is 2.74. The quantitative estimate of drug-likeness (QED) is 0.711. The van der Waals surface area contributed by atoms with Gasteiger partial charge in [0.2, 0.25) is 5.43 Å². The van der Waals surface area contributed by atoms with Crippen LogP contribution in [0.2, 0.25) is 0 Å². The number of hydrogen-bond donors (Lipinski definition) is 2. The van der Waals surface area contributed by atoms with E-state index in [9.17, 15) is 9.90 Å². The highest BCUT2D eigenvalue weighted by molar-refractivity contribution is 5.89. The molecule has 22 heavy (non-hydrogen) atoms. The number of nitrogens with one attached hydrogen (secondary N) is 1. The van der Waals surface area contributed by atoms with E-state index in [0.29, 0.717) is 28.5 Å². The van der Waals surface area contributed by atoms with Crippen LogP contribution in [-0.2, 0) is 6.54 Å². The van der Waals surface area contributed by atoms with Crippen LogP contribution in [-0.4, -0.2) is 17.8 Å². The van der Waals surface area contributed by atoms with Gasteiger partial charge < -0.3 is 14.8 Å². The van der Waals surface area contributed by atoms with E-state index < -0.39 is 0 Å². The Morgan fingerprint density at radius 1 is 1.14 bits per heavy atom. The Morgan fingerprint density at radius 2 is 1.91 bits per heavy atom. The molecule has 3 rings (SSSR count). The van der Waals surface area contributed by atoms with Crippen LogP contribution in [0.4, 0.5) is 0 Å². The predicted octanol–water partition coefficient (Wildman–Crippen LogP) is 2.81. The van der Waals surface area contributed by atoms with E-state index in [0.717, 1.165) is 12.0 Å². The van der Waals surface area contributed by atoms with Gasteiger partial charge in [-0.25, -0.2) is 0 Å². The van der Waals surface area contributed by atoms with Crippen LogP contribution < -0.4 is 10.7 Å². The highest BCUT2D eigenvalue weighted by Gasteiger charge is 2.09. The first kappa shape index (κ1) is 14.8. The van der Waals surface area contributed by atoms with Crippen LogP contribution >= 0.6 is 0 Å². The van der Waals surface area contributed by atoms with Crippen molar-refractivity contribution in [2.75, 3.05) is 6.61 Å². The smallest absolute Gasteiger partial charge is 0.200 e. The van der Waals surface area contributed by atoms with Crippen molar-refractivity contribution in [3.05, 3.63) is 58.3 Å². The Kier molecular flexibility index (Phi) is 4.22. The highest BCUT2D eigenvalue weighted by Crippen LogP contribution is 2.19. The fourth-order valence-corrected chi connectivity index (χ4v) is 2.56. The lowest BCUT2D eigenvalue weighted by molar-refractivity contribution is 0.238. The van der Waals surface area contributed by atoms with Gasteiger partial charge in [-0.1, -0.05) is 25.1 Å². The van der Waals surface area contributed by atoms with E-state index in [4.69, 9.17) is 4.42 Å². The summed E-state index contributed by atoms with van der Waals surface area (Å²) in [5.41, 5.74) is 2.20. The second-order valence-electron chi connectivity index (χ2n) is 5.43. The summed E-state index contributed by atoms with van der Waals surface area (Å²) < 4.78 is 5.79. The van der Waals surface area contributed by atoms with Gasteiger partial charge >= 0.3 is 0 Å². The van der Waals surface area contributed by atoms with Crippen molar-refractivity contribution in [1.29, 1.82) is 0 Å². The van der Waals surface area contributed by atoms with Gasteiger partial charge in [-0.15, -0.1) is 0 Å². The molecule has 2 aromatic carbocycles. The van der Waals surface area contributed by atoms with E-state index in [2.05, 4.69) is 5.32 Å². The van der Waals surface area contributed by atoms with Crippen LogP contribution in [0.25, 0.3) is 21.9 Å². The van der Waals surface area contributed by atoms with Crippen molar-refractivity contribution < 1.29 is 9.52 Å². The molecule has 0 unspecified atom stereocenters. The molecule has 1 aromatic heterocycles. The van der Waals surface area contributed by atoms with Gasteiger partial charge in [-0.3, -0.25) is 4.79 Å². The number of aliphatic hydroxyl groups is 1. The topological polar surface area (TPSA) is 62.5 Å². The third kappa shape index (κ3) is 2.75. The number of rotatable bonds is 5. The molecular formula is C18H19NO3. The lowest BCUT2D eigenvalue weighted by atomic mass is 10.1. The summed E-state index contributed by atoms with van der Waals surface area (Å²) in [7, 11) is 0. The summed E-state index contributed by atoms with van der Waals surface area (Å²) in [6.07, 6.45) is 0.858. The third-order valence-electron chi connectivity index (χ3n) is 3.95. The molecule has 0 fully saturated rings. The minimum Gasteiger partial charge on any atom is -0.456 e. The number of para-hydroxylation sites is 1. The summed E-state index contributed by atoms with van der Waals surface area (Å²) >= 11 is 0. The van der Waals surface area contributed by atoms with E-state index >= 15 is 0 Å². The van der Waals surface area contributed by atoms with Gasteiger partial charge in [0.05, 0.1) is 17.4 Å². The Balaban J connectivity index is 2.00. The van der Waals surface area contributed by atoms with Crippen LogP contribution in [0, 0.1) is 0 Å². The zero-order valence-corrected chi connectivity index (χ0v) is 12.5. The number of benzene rings is 2. The number of hydrogen-bond acceptors (Lipinski definition) is 4. The maximum Gasteiger partial charge on any atom is 0.200 e. The van der Waals surface area contributed by atoms with E-state index in [1.54, 1.807) is 12.1 Å². The first-order valence-corrected chi connectivity index (χ1v) is 7.51. The molecule has 0 saturated carbocycles. The molecular weight excluding hydrogens is 278 g/mol. The monoisotopic (exact) mass is 297 g/mol. The molecule has 4 nitrogen and oxygen atoms in total. The summed E-state index contributed by atoms with van der Waals surface area (Å²) in [6, 6.07) is 13.0. The highest BCUT2D eigenvalue weighted by atomic mass is 16.3. The molecule has 1 atom stereocenters. The molecule has 0 saturated heterocycles. The van der Waals surface area contributed by atoms with Crippen molar-refractivity contribution in [2.24, 2.45) is 0 Å². The third-order valence-corrected chi connectivity index (χ3v) is 3.95. The van der Waals surface area contributed by atoms with E-state index in [-0.39, 0.29) is 18.1 Å². The van der Waals surface area contributed by atoms with Crippen molar-refractivity contribution in [1.82, 2.24) is 5.32 Å². The summed E-state index contributed by atoms with van der Waals surface area (Å²) in [5, 5.41) is 13.7. The van der Waals surface area contributed by atoms with Gasteiger partial charge in [0.15, 0.2) is 0 Å². The van der Waals surface area contributed by atoms with E-state index in [1.807, 2.05) is 37.3 Å². The zero-order chi connectivity index (χ0) is 15.5. The molecule has 114 valence electrons. The molecule has 0 aliphatic heterocycles. The molecule has 0 amide bonds. The molecule has 4 heteroatoms. The van der Waals surface area contributed by atoms with Crippen LogP contribution in [0.5, 0.6) is 0 Å². The zero-order valence-electron chi connectivity index (χ0n) is 12.5. The minimum absolute atomic E-state index is 0.00657. The molecule has 1 heterocycles. The van der Waals surface area contributed by atoms with Gasteiger partial charge in [0.25, 0.3) is 0 Å². The minimum atomic E-state index is -0.00657. The standard InChI is InChI=1S/C18H19NO3/c1-2-13(11-20)19-10-12-7-8-17-15(9-12)18(21)14-5-3-4-6-16(14)22-17/h3-9,13,19-20H,2,10-11H2,1H3/t13-/m1/s1. The molecule has 2 N–H and O–H groups in total. The Bertz CT molecular complexity index is 850.